The van der Waals surface area contributed by atoms with Gasteiger partial charge in [0.15, 0.2) is 6.10 Å². The number of nitro benzene ring substituents is 1. The normalized spacial score (nSPS) is 11.5. The molecule has 0 saturated heterocycles. The van der Waals surface area contributed by atoms with E-state index in [0.29, 0.717) is 5.56 Å². The number of carbonyl (C=O) groups is 2. The van der Waals surface area contributed by atoms with E-state index in [0.717, 1.165) is 17.7 Å². The molecule has 7 nitrogen and oxygen atoms in total. The summed E-state index contributed by atoms with van der Waals surface area (Å²) >= 11 is 0. The molecule has 1 amide bonds. The maximum Gasteiger partial charge on any atom is 0.338 e. The molecule has 130 valence electrons. The minimum Gasteiger partial charge on any atom is -0.449 e. The van der Waals surface area contributed by atoms with Gasteiger partial charge in [0.05, 0.1) is 10.5 Å². The third-order valence-corrected chi connectivity index (χ3v) is 3.32. The maximum atomic E-state index is 13.3. The van der Waals surface area contributed by atoms with Crippen LogP contribution in [-0.2, 0) is 9.53 Å². The summed E-state index contributed by atoms with van der Waals surface area (Å²) in [4.78, 5) is 33.9. The van der Waals surface area contributed by atoms with Gasteiger partial charge >= 0.3 is 11.7 Å². The van der Waals surface area contributed by atoms with Gasteiger partial charge in [0, 0.05) is 11.8 Å². The SMILES string of the molecule is Cc1cccc(C(=O)O[C@@H](C)C(=O)Nc2ccc(F)c([N+](=O)[O-])c2)c1. The molecule has 0 bridgehead atoms. The van der Waals surface area contributed by atoms with E-state index in [4.69, 9.17) is 4.74 Å². The van der Waals surface area contributed by atoms with Crippen LogP contribution < -0.4 is 5.32 Å². The van der Waals surface area contributed by atoms with Gasteiger partial charge in [0.1, 0.15) is 0 Å². The highest BCUT2D eigenvalue weighted by atomic mass is 19.1. The van der Waals surface area contributed by atoms with E-state index in [1.165, 1.54) is 13.0 Å². The Hall–Kier alpha value is -3.29. The van der Waals surface area contributed by atoms with E-state index in [-0.39, 0.29) is 5.69 Å². The van der Waals surface area contributed by atoms with Crippen molar-refractivity contribution in [1.29, 1.82) is 0 Å². The average Bonchev–Trinajstić information content (AvgIpc) is 2.56. The van der Waals surface area contributed by atoms with Crippen LogP contribution in [0.25, 0.3) is 0 Å². The number of nitrogens with zero attached hydrogens (tertiary/aromatic N) is 1. The molecule has 0 aromatic heterocycles. The van der Waals surface area contributed by atoms with Crippen LogP contribution in [0.4, 0.5) is 15.8 Å². The third kappa shape index (κ3) is 4.60. The molecule has 2 aromatic carbocycles. The number of nitro groups is 1. The Bertz CT molecular complexity index is 838. The number of esters is 1. The monoisotopic (exact) mass is 346 g/mol. The zero-order chi connectivity index (χ0) is 18.6. The molecule has 0 aliphatic heterocycles. The van der Waals surface area contributed by atoms with Gasteiger partial charge in [-0.05, 0) is 38.1 Å². The van der Waals surface area contributed by atoms with E-state index >= 15 is 0 Å². The van der Waals surface area contributed by atoms with Crippen LogP contribution in [-0.4, -0.2) is 22.9 Å². The van der Waals surface area contributed by atoms with Crippen LogP contribution in [0.2, 0.25) is 0 Å². The van der Waals surface area contributed by atoms with Crippen molar-refractivity contribution in [2.24, 2.45) is 0 Å². The smallest absolute Gasteiger partial charge is 0.338 e. The van der Waals surface area contributed by atoms with E-state index < -0.39 is 34.4 Å². The summed E-state index contributed by atoms with van der Waals surface area (Å²) in [7, 11) is 0. The Kier molecular flexibility index (Phi) is 5.43. The number of carbonyl (C=O) groups excluding carboxylic acids is 2. The number of halogens is 1. The Morgan fingerprint density at radius 2 is 1.96 bits per heavy atom. The molecule has 1 atom stereocenters. The van der Waals surface area contributed by atoms with E-state index in [1.807, 2.05) is 13.0 Å². The summed E-state index contributed by atoms with van der Waals surface area (Å²) in [5, 5.41) is 13.1. The van der Waals surface area contributed by atoms with Gasteiger partial charge in [-0.2, -0.15) is 4.39 Å². The van der Waals surface area contributed by atoms with Crippen LogP contribution in [0.1, 0.15) is 22.8 Å². The fourth-order valence-corrected chi connectivity index (χ4v) is 2.03. The van der Waals surface area contributed by atoms with Crippen molar-refractivity contribution < 1.29 is 23.6 Å². The average molecular weight is 346 g/mol. The summed E-state index contributed by atoms with van der Waals surface area (Å²) in [6.07, 6.45) is -1.14. The summed E-state index contributed by atoms with van der Waals surface area (Å²) in [5.74, 6) is -2.37. The highest BCUT2D eigenvalue weighted by molar-refractivity contribution is 5.97. The molecule has 25 heavy (non-hydrogen) atoms. The predicted molar refractivity (Wildman–Crippen MR) is 87.7 cm³/mol. The zero-order valence-corrected chi connectivity index (χ0v) is 13.5. The highest BCUT2D eigenvalue weighted by Crippen LogP contribution is 2.21. The van der Waals surface area contributed by atoms with Gasteiger partial charge in [0.2, 0.25) is 5.82 Å². The molecule has 0 saturated carbocycles. The summed E-state index contributed by atoms with van der Waals surface area (Å²) in [6, 6.07) is 9.62. The number of hydrogen-bond acceptors (Lipinski definition) is 5. The van der Waals surface area contributed by atoms with Crippen LogP contribution >= 0.6 is 0 Å². The van der Waals surface area contributed by atoms with Gasteiger partial charge in [-0.3, -0.25) is 14.9 Å². The molecular formula is C17H15FN2O5. The molecule has 0 aliphatic rings. The molecule has 0 fully saturated rings. The number of hydrogen-bond donors (Lipinski definition) is 1. The van der Waals surface area contributed by atoms with Gasteiger partial charge in [-0.25, -0.2) is 4.79 Å². The lowest BCUT2D eigenvalue weighted by Gasteiger charge is -2.13. The zero-order valence-electron chi connectivity index (χ0n) is 13.5. The molecule has 2 aromatic rings. The number of anilines is 1. The standard InChI is InChI=1S/C17H15FN2O5/c1-10-4-3-5-12(8-10)17(22)25-11(2)16(21)19-13-6-7-14(18)15(9-13)20(23)24/h3-9,11H,1-2H3,(H,19,21)/t11-/m0/s1. The van der Waals surface area contributed by atoms with Crippen molar-refractivity contribution in [1.82, 2.24) is 0 Å². The Labute approximate surface area is 142 Å². The number of ether oxygens (including phenoxy) is 1. The predicted octanol–water partition coefficient (Wildman–Crippen LogP) is 3.23. The van der Waals surface area contributed by atoms with Gasteiger partial charge in [-0.15, -0.1) is 0 Å². The second kappa shape index (κ2) is 7.52. The molecule has 0 heterocycles. The fraction of sp³-hybridized carbons (Fsp3) is 0.176. The second-order valence-electron chi connectivity index (χ2n) is 5.33. The molecular weight excluding hydrogens is 331 g/mol. The van der Waals surface area contributed by atoms with Gasteiger partial charge in [-0.1, -0.05) is 17.7 Å². The first-order valence-electron chi connectivity index (χ1n) is 7.30. The first kappa shape index (κ1) is 18.1. The van der Waals surface area contributed by atoms with Crippen molar-refractivity contribution >= 4 is 23.3 Å². The summed E-state index contributed by atoms with van der Waals surface area (Å²) in [5.41, 5.74) is 0.431. The van der Waals surface area contributed by atoms with Crippen molar-refractivity contribution in [2.45, 2.75) is 20.0 Å². The van der Waals surface area contributed by atoms with E-state index in [2.05, 4.69) is 5.32 Å². The van der Waals surface area contributed by atoms with Crippen molar-refractivity contribution in [3.8, 4) is 0 Å². The molecule has 1 N–H and O–H groups in total. The number of amides is 1. The van der Waals surface area contributed by atoms with Crippen molar-refractivity contribution in [3.63, 3.8) is 0 Å². The lowest BCUT2D eigenvalue weighted by atomic mass is 10.1. The summed E-state index contributed by atoms with van der Waals surface area (Å²) < 4.78 is 18.4. The molecule has 0 aliphatic carbocycles. The minimum absolute atomic E-state index is 0.0246. The van der Waals surface area contributed by atoms with Crippen LogP contribution in [0.3, 0.4) is 0 Å². The number of nitrogens with one attached hydrogen (secondary N) is 1. The van der Waals surface area contributed by atoms with Gasteiger partial charge in [0.25, 0.3) is 5.91 Å². The molecule has 2 rings (SSSR count). The lowest BCUT2D eigenvalue weighted by Crippen LogP contribution is -2.30. The Morgan fingerprint density at radius 3 is 2.60 bits per heavy atom. The molecule has 8 heteroatoms. The van der Waals surface area contributed by atoms with Crippen molar-refractivity contribution in [2.75, 3.05) is 5.32 Å². The molecule has 0 unspecified atom stereocenters. The Balaban J connectivity index is 2.04. The quantitative estimate of drug-likeness (QED) is 0.509. The number of benzene rings is 2. The van der Waals surface area contributed by atoms with Crippen molar-refractivity contribution in [3.05, 3.63) is 69.5 Å². The molecule has 0 spiro atoms. The van der Waals surface area contributed by atoms with Gasteiger partial charge < -0.3 is 10.1 Å². The van der Waals surface area contributed by atoms with E-state index in [1.54, 1.807) is 18.2 Å². The molecule has 0 radical (unpaired) electrons. The maximum absolute atomic E-state index is 13.3. The third-order valence-electron chi connectivity index (χ3n) is 3.32. The van der Waals surface area contributed by atoms with Crippen LogP contribution in [0.15, 0.2) is 42.5 Å². The first-order valence-corrected chi connectivity index (χ1v) is 7.30. The number of aryl methyl sites for hydroxylation is 1. The van der Waals surface area contributed by atoms with Crippen LogP contribution in [0.5, 0.6) is 0 Å². The summed E-state index contributed by atoms with van der Waals surface area (Å²) in [6.45, 7) is 3.18. The highest BCUT2D eigenvalue weighted by Gasteiger charge is 2.21. The lowest BCUT2D eigenvalue weighted by molar-refractivity contribution is -0.387. The largest absolute Gasteiger partial charge is 0.449 e. The topological polar surface area (TPSA) is 98.5 Å². The van der Waals surface area contributed by atoms with E-state index in [9.17, 15) is 24.1 Å². The van der Waals surface area contributed by atoms with Crippen LogP contribution in [0, 0.1) is 22.9 Å². The fourth-order valence-electron chi connectivity index (χ4n) is 2.03. The first-order chi connectivity index (χ1) is 11.8. The number of rotatable bonds is 5. The Morgan fingerprint density at radius 1 is 1.24 bits per heavy atom. The minimum atomic E-state index is -1.14. The second-order valence-corrected chi connectivity index (χ2v) is 5.33.